The molecule has 1 unspecified atom stereocenters. The minimum atomic E-state index is -0.276. The Hall–Kier alpha value is -6.27. The standard InChI is InChI=1S/C40H26N4O2/c1-2-6-26-17-27(10-9-25(26)5-1)28-11-12-35-36(20-28)38(30-19-32(24-42-22-30)40-44-14-16-46-40)34-8-4-3-7-33(34)37(35)29-18-31(23-41-21-29)39-43-13-15-45-39/h1-24,40,44H. The largest absolute Gasteiger partial charge is 0.473 e. The smallest absolute Gasteiger partial charge is 0.227 e. The molecule has 0 saturated heterocycles. The molecular formula is C40H26N4O2. The van der Waals surface area contributed by atoms with E-state index in [1.54, 1.807) is 24.9 Å². The van der Waals surface area contributed by atoms with Crippen LogP contribution in [-0.4, -0.2) is 15.0 Å². The zero-order valence-electron chi connectivity index (χ0n) is 24.6. The summed E-state index contributed by atoms with van der Waals surface area (Å²) in [5.41, 5.74) is 8.32. The summed E-state index contributed by atoms with van der Waals surface area (Å²) in [6.07, 6.45) is 14.0. The molecule has 0 aliphatic carbocycles. The van der Waals surface area contributed by atoms with E-state index < -0.39 is 0 Å². The first-order valence-electron chi connectivity index (χ1n) is 15.1. The fraction of sp³-hybridized carbons (Fsp3) is 0.0250. The number of oxazole rings is 1. The SMILES string of the molecule is C1=COC(c2cncc(-c3c4ccccc4c(-c4cncc(-c5ncco5)c4)c4ccc(-c5ccc6ccccc6c5)cc34)c2)N1. The third-order valence-electron chi connectivity index (χ3n) is 8.69. The van der Waals surface area contributed by atoms with Gasteiger partial charge in [0.1, 0.15) is 12.5 Å². The van der Waals surface area contributed by atoms with E-state index in [-0.39, 0.29) is 6.23 Å². The quantitative estimate of drug-likeness (QED) is 0.200. The summed E-state index contributed by atoms with van der Waals surface area (Å²) >= 11 is 0. The Labute approximate surface area is 264 Å². The van der Waals surface area contributed by atoms with Crippen molar-refractivity contribution in [3.63, 3.8) is 0 Å². The van der Waals surface area contributed by atoms with Crippen LogP contribution in [0.25, 0.3) is 77.2 Å². The minimum Gasteiger partial charge on any atom is -0.473 e. The van der Waals surface area contributed by atoms with Crippen LogP contribution in [0, 0.1) is 0 Å². The van der Waals surface area contributed by atoms with Crippen molar-refractivity contribution in [3.05, 3.63) is 152 Å². The summed E-state index contributed by atoms with van der Waals surface area (Å²) in [4.78, 5) is 13.7. The maximum absolute atomic E-state index is 5.78. The van der Waals surface area contributed by atoms with Crippen LogP contribution >= 0.6 is 0 Å². The molecule has 1 atom stereocenters. The van der Waals surface area contributed by atoms with Gasteiger partial charge in [-0.1, -0.05) is 72.8 Å². The highest BCUT2D eigenvalue weighted by Crippen LogP contribution is 2.45. The van der Waals surface area contributed by atoms with Gasteiger partial charge in [-0.25, -0.2) is 4.98 Å². The molecule has 218 valence electrons. The molecule has 6 heteroatoms. The summed E-state index contributed by atoms with van der Waals surface area (Å²) in [5.74, 6) is 0.540. The lowest BCUT2D eigenvalue weighted by Crippen LogP contribution is -2.11. The van der Waals surface area contributed by atoms with Crippen LogP contribution in [0.3, 0.4) is 0 Å². The molecule has 0 radical (unpaired) electrons. The number of fused-ring (bicyclic) bond motifs is 3. The van der Waals surface area contributed by atoms with Crippen LogP contribution < -0.4 is 5.32 Å². The van der Waals surface area contributed by atoms with Gasteiger partial charge in [0, 0.05) is 47.7 Å². The minimum absolute atomic E-state index is 0.276. The summed E-state index contributed by atoms with van der Waals surface area (Å²) in [5, 5.41) is 10.2. The fourth-order valence-corrected chi connectivity index (χ4v) is 6.60. The molecular weight excluding hydrogens is 568 g/mol. The highest BCUT2D eigenvalue weighted by atomic mass is 16.5. The summed E-state index contributed by atoms with van der Waals surface area (Å²) in [6, 6.07) is 34.8. The predicted molar refractivity (Wildman–Crippen MR) is 182 cm³/mol. The van der Waals surface area contributed by atoms with E-state index in [2.05, 4.69) is 117 Å². The van der Waals surface area contributed by atoms with Crippen molar-refractivity contribution >= 4 is 32.3 Å². The third kappa shape index (κ3) is 4.39. The normalized spacial score (nSPS) is 14.1. The molecule has 5 aromatic carbocycles. The van der Waals surface area contributed by atoms with Crippen LogP contribution in [0.4, 0.5) is 0 Å². The molecule has 8 aromatic rings. The van der Waals surface area contributed by atoms with Gasteiger partial charge in [-0.05, 0) is 78.8 Å². The van der Waals surface area contributed by atoms with E-state index in [4.69, 9.17) is 9.15 Å². The number of nitrogens with zero attached hydrogens (tertiary/aromatic N) is 3. The summed E-state index contributed by atoms with van der Waals surface area (Å²) in [7, 11) is 0. The molecule has 0 saturated carbocycles. The van der Waals surface area contributed by atoms with Crippen molar-refractivity contribution in [3.8, 4) is 44.8 Å². The van der Waals surface area contributed by atoms with Gasteiger partial charge in [-0.15, -0.1) is 0 Å². The highest BCUT2D eigenvalue weighted by molar-refractivity contribution is 6.22. The van der Waals surface area contributed by atoms with Crippen molar-refractivity contribution in [2.45, 2.75) is 6.23 Å². The Kier molecular flexibility index (Phi) is 6.09. The van der Waals surface area contributed by atoms with Gasteiger partial charge in [-0.3, -0.25) is 9.97 Å². The average molecular weight is 595 g/mol. The number of hydrogen-bond donors (Lipinski definition) is 1. The van der Waals surface area contributed by atoms with E-state index in [0.29, 0.717) is 5.89 Å². The van der Waals surface area contributed by atoms with E-state index in [9.17, 15) is 0 Å². The monoisotopic (exact) mass is 594 g/mol. The third-order valence-corrected chi connectivity index (χ3v) is 8.69. The van der Waals surface area contributed by atoms with Crippen LogP contribution in [0.2, 0.25) is 0 Å². The van der Waals surface area contributed by atoms with Gasteiger partial charge < -0.3 is 14.5 Å². The Bertz CT molecular complexity index is 2440. The van der Waals surface area contributed by atoms with Crippen LogP contribution in [0.1, 0.15) is 11.8 Å². The first kappa shape index (κ1) is 26.2. The number of aromatic nitrogens is 3. The topological polar surface area (TPSA) is 73.1 Å². The maximum Gasteiger partial charge on any atom is 0.227 e. The van der Waals surface area contributed by atoms with Gasteiger partial charge in [0.25, 0.3) is 0 Å². The van der Waals surface area contributed by atoms with Crippen molar-refractivity contribution in [1.82, 2.24) is 20.3 Å². The summed E-state index contributed by atoms with van der Waals surface area (Å²) < 4.78 is 11.4. The van der Waals surface area contributed by atoms with Gasteiger partial charge in [0.15, 0.2) is 6.23 Å². The van der Waals surface area contributed by atoms with Crippen LogP contribution in [0.5, 0.6) is 0 Å². The van der Waals surface area contributed by atoms with Crippen LogP contribution in [0.15, 0.2) is 151 Å². The highest BCUT2D eigenvalue weighted by Gasteiger charge is 2.21. The van der Waals surface area contributed by atoms with Gasteiger partial charge >= 0.3 is 0 Å². The molecule has 9 rings (SSSR count). The number of rotatable bonds is 5. The van der Waals surface area contributed by atoms with Gasteiger partial charge in [0.2, 0.25) is 5.89 Å². The van der Waals surface area contributed by atoms with Gasteiger partial charge in [-0.2, -0.15) is 0 Å². The Balaban J connectivity index is 1.34. The predicted octanol–water partition coefficient (Wildman–Crippen LogP) is 9.68. The van der Waals surface area contributed by atoms with Crippen molar-refractivity contribution in [1.29, 1.82) is 0 Å². The fourth-order valence-electron chi connectivity index (χ4n) is 6.60. The molecule has 1 N–H and O–H groups in total. The zero-order valence-corrected chi connectivity index (χ0v) is 24.6. The van der Waals surface area contributed by atoms with E-state index in [0.717, 1.165) is 66.1 Å². The molecule has 0 spiro atoms. The lowest BCUT2D eigenvalue weighted by Gasteiger charge is -2.19. The number of hydrogen-bond acceptors (Lipinski definition) is 6. The molecule has 0 fully saturated rings. The van der Waals surface area contributed by atoms with E-state index in [1.165, 1.54) is 10.8 Å². The molecule has 0 bridgehead atoms. The molecule has 6 nitrogen and oxygen atoms in total. The second-order valence-electron chi connectivity index (χ2n) is 11.4. The van der Waals surface area contributed by atoms with Gasteiger partial charge in [0.05, 0.1) is 11.8 Å². The molecule has 46 heavy (non-hydrogen) atoms. The number of benzene rings is 5. The van der Waals surface area contributed by atoms with E-state index >= 15 is 0 Å². The number of pyridine rings is 2. The maximum atomic E-state index is 5.78. The molecule has 1 aliphatic heterocycles. The number of nitrogens with one attached hydrogen (secondary N) is 1. The molecule has 1 aliphatic rings. The Morgan fingerprint density at radius 3 is 2.07 bits per heavy atom. The van der Waals surface area contributed by atoms with Crippen molar-refractivity contribution in [2.24, 2.45) is 0 Å². The van der Waals surface area contributed by atoms with E-state index in [1.807, 2.05) is 24.8 Å². The lowest BCUT2D eigenvalue weighted by atomic mass is 9.85. The average Bonchev–Trinajstić information content (AvgIpc) is 3.86. The second kappa shape index (κ2) is 10.7. The first-order chi connectivity index (χ1) is 22.8. The molecule has 0 amide bonds. The lowest BCUT2D eigenvalue weighted by molar-refractivity contribution is 0.154. The number of ether oxygens (including phenoxy) is 1. The zero-order chi connectivity index (χ0) is 30.5. The molecule has 4 heterocycles. The van der Waals surface area contributed by atoms with Crippen LogP contribution in [-0.2, 0) is 4.74 Å². The Morgan fingerprint density at radius 1 is 0.565 bits per heavy atom. The van der Waals surface area contributed by atoms with Crippen molar-refractivity contribution < 1.29 is 9.15 Å². The Morgan fingerprint density at radius 2 is 1.26 bits per heavy atom. The first-order valence-corrected chi connectivity index (χ1v) is 15.1. The van der Waals surface area contributed by atoms with Crippen molar-refractivity contribution in [2.75, 3.05) is 0 Å². The summed E-state index contributed by atoms with van der Waals surface area (Å²) in [6.45, 7) is 0. The second-order valence-corrected chi connectivity index (χ2v) is 11.4. The molecule has 3 aromatic heterocycles.